The summed E-state index contributed by atoms with van der Waals surface area (Å²) in [7, 11) is 0. The maximum atomic E-state index is 6.05. The van der Waals surface area contributed by atoms with Crippen molar-refractivity contribution >= 4 is 0 Å². The Labute approximate surface area is 80.0 Å². The number of nitrogens with zero attached hydrogens (tertiary/aromatic N) is 2. The first-order valence-corrected chi connectivity index (χ1v) is 4.92. The van der Waals surface area contributed by atoms with E-state index in [0.717, 1.165) is 18.7 Å². The van der Waals surface area contributed by atoms with Crippen LogP contribution in [0.15, 0.2) is 12.5 Å². The van der Waals surface area contributed by atoms with Gasteiger partial charge in [0.05, 0.1) is 12.0 Å². The topological polar surface area (TPSA) is 43.8 Å². The van der Waals surface area contributed by atoms with E-state index in [4.69, 9.17) is 5.73 Å². The van der Waals surface area contributed by atoms with Crippen molar-refractivity contribution in [1.82, 2.24) is 9.55 Å². The predicted octanol–water partition coefficient (Wildman–Crippen LogP) is 1.95. The third-order valence-electron chi connectivity index (χ3n) is 2.27. The molecule has 0 aromatic carbocycles. The van der Waals surface area contributed by atoms with E-state index in [1.54, 1.807) is 0 Å². The lowest BCUT2D eigenvalue weighted by Crippen LogP contribution is -2.20. The number of hydrogen-bond donors (Lipinski definition) is 1. The molecule has 1 aromatic heterocycles. The van der Waals surface area contributed by atoms with Crippen LogP contribution in [0.5, 0.6) is 0 Å². The molecular weight excluding hydrogens is 162 g/mol. The molecule has 1 atom stereocenters. The van der Waals surface area contributed by atoms with Crippen molar-refractivity contribution < 1.29 is 0 Å². The van der Waals surface area contributed by atoms with Crippen molar-refractivity contribution in [3.05, 3.63) is 18.2 Å². The minimum absolute atomic E-state index is 0.106. The number of rotatable bonds is 4. The summed E-state index contributed by atoms with van der Waals surface area (Å²) in [6, 6.07) is 0.106. The van der Waals surface area contributed by atoms with Gasteiger partial charge in [0.2, 0.25) is 0 Å². The largest absolute Gasteiger partial charge is 0.333 e. The minimum Gasteiger partial charge on any atom is -0.333 e. The second-order valence-electron chi connectivity index (χ2n) is 3.78. The molecule has 13 heavy (non-hydrogen) atoms. The quantitative estimate of drug-likeness (QED) is 0.771. The van der Waals surface area contributed by atoms with Gasteiger partial charge in [0.1, 0.15) is 0 Å². The average molecular weight is 181 g/mol. The van der Waals surface area contributed by atoms with Gasteiger partial charge < -0.3 is 10.3 Å². The molecule has 0 aliphatic heterocycles. The molecule has 0 aliphatic rings. The fourth-order valence-electron chi connectivity index (χ4n) is 1.38. The highest BCUT2D eigenvalue weighted by Crippen LogP contribution is 2.18. The van der Waals surface area contributed by atoms with E-state index in [1.807, 2.05) is 12.5 Å². The summed E-state index contributed by atoms with van der Waals surface area (Å²) in [6.07, 6.45) is 4.86. The zero-order valence-corrected chi connectivity index (χ0v) is 8.70. The predicted molar refractivity (Wildman–Crippen MR) is 54.3 cm³/mol. The summed E-state index contributed by atoms with van der Waals surface area (Å²) >= 11 is 0. The third-order valence-corrected chi connectivity index (χ3v) is 2.27. The molecule has 0 saturated heterocycles. The Hall–Kier alpha value is -0.830. The van der Waals surface area contributed by atoms with E-state index >= 15 is 0 Å². The number of imidazole rings is 1. The van der Waals surface area contributed by atoms with Crippen LogP contribution in [0, 0.1) is 5.92 Å². The van der Waals surface area contributed by atoms with Crippen molar-refractivity contribution in [1.29, 1.82) is 0 Å². The highest BCUT2D eigenvalue weighted by molar-refractivity contribution is 5.05. The zero-order valence-electron chi connectivity index (χ0n) is 8.70. The summed E-state index contributed by atoms with van der Waals surface area (Å²) in [5, 5.41) is 0. The van der Waals surface area contributed by atoms with Crippen LogP contribution in [0.25, 0.3) is 0 Å². The number of nitrogens with two attached hydrogens (primary N) is 1. The maximum absolute atomic E-state index is 6.05. The van der Waals surface area contributed by atoms with E-state index < -0.39 is 0 Å². The Morgan fingerprint density at radius 2 is 2.23 bits per heavy atom. The fourth-order valence-corrected chi connectivity index (χ4v) is 1.38. The van der Waals surface area contributed by atoms with Crippen LogP contribution in [-0.4, -0.2) is 9.55 Å². The van der Waals surface area contributed by atoms with Crippen LogP contribution >= 0.6 is 0 Å². The molecular formula is C10H19N3. The molecule has 2 N–H and O–H groups in total. The van der Waals surface area contributed by atoms with Crippen LogP contribution in [0.4, 0.5) is 0 Å². The summed E-state index contributed by atoms with van der Waals surface area (Å²) in [5.41, 5.74) is 7.20. The molecule has 0 fully saturated rings. The van der Waals surface area contributed by atoms with Crippen LogP contribution in [0.3, 0.4) is 0 Å². The van der Waals surface area contributed by atoms with Gasteiger partial charge in [0, 0.05) is 18.8 Å². The molecule has 0 amide bonds. The Morgan fingerprint density at radius 1 is 1.54 bits per heavy atom. The van der Waals surface area contributed by atoms with Crippen molar-refractivity contribution in [2.45, 2.75) is 39.8 Å². The third kappa shape index (κ3) is 2.31. The van der Waals surface area contributed by atoms with Gasteiger partial charge in [-0.25, -0.2) is 4.98 Å². The van der Waals surface area contributed by atoms with E-state index in [2.05, 4.69) is 30.3 Å². The normalized spacial score (nSPS) is 13.6. The maximum Gasteiger partial charge on any atom is 0.0948 e. The van der Waals surface area contributed by atoms with Gasteiger partial charge in [0.15, 0.2) is 0 Å². The highest BCUT2D eigenvalue weighted by Gasteiger charge is 2.14. The van der Waals surface area contributed by atoms with Gasteiger partial charge in [-0.1, -0.05) is 20.8 Å². The second kappa shape index (κ2) is 4.42. The fraction of sp³-hybridized carbons (Fsp3) is 0.700. The van der Waals surface area contributed by atoms with Crippen molar-refractivity contribution in [3.63, 3.8) is 0 Å². The van der Waals surface area contributed by atoms with Crippen LogP contribution in [0.2, 0.25) is 0 Å². The SMILES string of the molecule is CCCn1cncc1C(N)C(C)C. The lowest BCUT2D eigenvalue weighted by Gasteiger charge is -2.17. The van der Waals surface area contributed by atoms with E-state index in [0.29, 0.717) is 5.92 Å². The Kier molecular flexibility index (Phi) is 3.48. The lowest BCUT2D eigenvalue weighted by atomic mass is 10.0. The molecule has 0 bridgehead atoms. The Morgan fingerprint density at radius 3 is 2.77 bits per heavy atom. The number of aryl methyl sites for hydroxylation is 1. The molecule has 0 aliphatic carbocycles. The number of aromatic nitrogens is 2. The lowest BCUT2D eigenvalue weighted by molar-refractivity contribution is 0.476. The zero-order chi connectivity index (χ0) is 9.84. The van der Waals surface area contributed by atoms with Crippen molar-refractivity contribution in [3.8, 4) is 0 Å². The highest BCUT2D eigenvalue weighted by atomic mass is 15.1. The van der Waals surface area contributed by atoms with Gasteiger partial charge >= 0.3 is 0 Å². The summed E-state index contributed by atoms with van der Waals surface area (Å²) in [5.74, 6) is 0.465. The second-order valence-corrected chi connectivity index (χ2v) is 3.78. The number of hydrogen-bond acceptors (Lipinski definition) is 2. The molecule has 3 nitrogen and oxygen atoms in total. The van der Waals surface area contributed by atoms with Crippen LogP contribution < -0.4 is 5.73 Å². The summed E-state index contributed by atoms with van der Waals surface area (Å²) < 4.78 is 2.14. The van der Waals surface area contributed by atoms with Crippen molar-refractivity contribution in [2.75, 3.05) is 0 Å². The van der Waals surface area contributed by atoms with E-state index in [1.165, 1.54) is 0 Å². The standard InChI is InChI=1S/C10H19N3/c1-4-5-13-7-12-6-9(13)10(11)8(2)3/h6-8,10H,4-5,11H2,1-3H3. The van der Waals surface area contributed by atoms with E-state index in [9.17, 15) is 0 Å². The van der Waals surface area contributed by atoms with Crippen molar-refractivity contribution in [2.24, 2.45) is 11.7 Å². The Bertz CT molecular complexity index is 252. The first kappa shape index (κ1) is 10.3. The van der Waals surface area contributed by atoms with Gasteiger partial charge in [-0.3, -0.25) is 0 Å². The molecule has 1 rings (SSSR count). The Balaban J connectivity index is 2.80. The molecule has 1 heterocycles. The van der Waals surface area contributed by atoms with Gasteiger partial charge in [-0.05, 0) is 12.3 Å². The van der Waals surface area contributed by atoms with Crippen LogP contribution in [0.1, 0.15) is 38.9 Å². The van der Waals surface area contributed by atoms with Gasteiger partial charge in [-0.15, -0.1) is 0 Å². The van der Waals surface area contributed by atoms with Gasteiger partial charge in [-0.2, -0.15) is 0 Å². The molecule has 1 aromatic rings. The molecule has 0 radical (unpaired) electrons. The minimum atomic E-state index is 0.106. The average Bonchev–Trinajstić information content (AvgIpc) is 2.52. The van der Waals surface area contributed by atoms with Gasteiger partial charge in [0.25, 0.3) is 0 Å². The van der Waals surface area contributed by atoms with E-state index in [-0.39, 0.29) is 6.04 Å². The smallest absolute Gasteiger partial charge is 0.0948 e. The first-order valence-electron chi connectivity index (χ1n) is 4.92. The monoisotopic (exact) mass is 181 g/mol. The molecule has 1 unspecified atom stereocenters. The molecule has 0 saturated carbocycles. The molecule has 0 spiro atoms. The summed E-state index contributed by atoms with van der Waals surface area (Å²) in [4.78, 5) is 4.13. The first-order chi connectivity index (χ1) is 6.16. The molecule has 3 heteroatoms. The molecule has 74 valence electrons. The van der Waals surface area contributed by atoms with Crippen LogP contribution in [-0.2, 0) is 6.54 Å². The summed E-state index contributed by atoms with van der Waals surface area (Å²) in [6.45, 7) is 7.43.